The zero-order valence-corrected chi connectivity index (χ0v) is 16.6. The van der Waals surface area contributed by atoms with Crippen molar-refractivity contribution < 1.29 is 19.1 Å². The molecule has 27 heavy (non-hydrogen) atoms. The molecule has 0 aliphatic heterocycles. The SMILES string of the molecule is C[C@@H](OC(=O)COc1ccccc1C(C)(C)C)C(=O)Nc1sccc1C#N. The van der Waals surface area contributed by atoms with Gasteiger partial charge in [0.25, 0.3) is 5.91 Å². The third-order valence-corrected chi connectivity index (χ3v) is 4.57. The molecule has 1 aromatic heterocycles. The van der Waals surface area contributed by atoms with Crippen molar-refractivity contribution in [2.24, 2.45) is 0 Å². The van der Waals surface area contributed by atoms with E-state index in [1.54, 1.807) is 17.5 Å². The molecule has 142 valence electrons. The van der Waals surface area contributed by atoms with Crippen molar-refractivity contribution in [3.05, 3.63) is 46.8 Å². The second-order valence-corrected chi connectivity index (χ2v) is 7.85. The van der Waals surface area contributed by atoms with Crippen LogP contribution in [-0.2, 0) is 19.7 Å². The second-order valence-electron chi connectivity index (χ2n) is 6.93. The van der Waals surface area contributed by atoms with E-state index < -0.39 is 18.0 Å². The van der Waals surface area contributed by atoms with E-state index in [0.717, 1.165) is 5.56 Å². The molecule has 1 heterocycles. The molecule has 2 aromatic rings. The van der Waals surface area contributed by atoms with Crippen molar-refractivity contribution in [3.63, 3.8) is 0 Å². The number of hydrogen-bond acceptors (Lipinski definition) is 6. The number of nitrogens with one attached hydrogen (secondary N) is 1. The molecule has 6 nitrogen and oxygen atoms in total. The first-order valence-electron chi connectivity index (χ1n) is 8.42. The van der Waals surface area contributed by atoms with Crippen molar-refractivity contribution >= 4 is 28.2 Å². The molecular formula is C20H22N2O4S. The number of ether oxygens (including phenoxy) is 2. The molecule has 0 saturated heterocycles. The summed E-state index contributed by atoms with van der Waals surface area (Å²) in [6.07, 6.45) is -1.01. The number of amides is 1. The molecule has 0 aliphatic carbocycles. The lowest BCUT2D eigenvalue weighted by atomic mass is 9.86. The standard InChI is InChI=1S/C20H22N2O4S/c1-13(18(24)22-19-14(11-21)9-10-27-19)26-17(23)12-25-16-8-6-5-7-15(16)20(2,3)4/h5-10,13H,12H2,1-4H3,(H,22,24)/t13-/m1/s1. The average molecular weight is 386 g/mol. The highest BCUT2D eigenvalue weighted by Crippen LogP contribution is 2.30. The quantitative estimate of drug-likeness (QED) is 0.762. The molecule has 1 amide bonds. The van der Waals surface area contributed by atoms with Gasteiger partial charge in [-0.15, -0.1) is 11.3 Å². The molecule has 7 heteroatoms. The topological polar surface area (TPSA) is 88.4 Å². The van der Waals surface area contributed by atoms with E-state index in [0.29, 0.717) is 16.3 Å². The monoisotopic (exact) mass is 386 g/mol. The van der Waals surface area contributed by atoms with E-state index in [4.69, 9.17) is 14.7 Å². The largest absolute Gasteiger partial charge is 0.482 e. The van der Waals surface area contributed by atoms with Crippen LogP contribution >= 0.6 is 11.3 Å². The molecule has 0 bridgehead atoms. The third kappa shape index (κ3) is 5.56. The Labute approximate surface area is 162 Å². The fraction of sp³-hybridized carbons (Fsp3) is 0.350. The predicted octanol–water partition coefficient (Wildman–Crippen LogP) is 3.87. The average Bonchev–Trinajstić information content (AvgIpc) is 3.06. The van der Waals surface area contributed by atoms with Crippen molar-refractivity contribution in [1.29, 1.82) is 5.26 Å². The van der Waals surface area contributed by atoms with Crippen molar-refractivity contribution in [2.75, 3.05) is 11.9 Å². The van der Waals surface area contributed by atoms with Gasteiger partial charge in [0.1, 0.15) is 16.8 Å². The van der Waals surface area contributed by atoms with Gasteiger partial charge in [-0.2, -0.15) is 5.26 Å². The van der Waals surface area contributed by atoms with Crippen LogP contribution in [0.25, 0.3) is 0 Å². The fourth-order valence-corrected chi connectivity index (χ4v) is 3.08. The highest BCUT2D eigenvalue weighted by molar-refractivity contribution is 7.14. The smallest absolute Gasteiger partial charge is 0.344 e. The minimum absolute atomic E-state index is 0.132. The minimum Gasteiger partial charge on any atom is -0.482 e. The number of anilines is 1. The van der Waals surface area contributed by atoms with E-state index in [-0.39, 0.29) is 12.0 Å². The van der Waals surface area contributed by atoms with E-state index in [2.05, 4.69) is 26.1 Å². The molecule has 1 aromatic carbocycles. The Morgan fingerprint density at radius 2 is 1.96 bits per heavy atom. The number of carbonyl (C=O) groups excluding carboxylic acids is 2. The number of carbonyl (C=O) groups is 2. The number of benzene rings is 1. The lowest BCUT2D eigenvalue weighted by Crippen LogP contribution is -2.31. The Morgan fingerprint density at radius 3 is 2.63 bits per heavy atom. The van der Waals surface area contributed by atoms with Gasteiger partial charge in [0.2, 0.25) is 0 Å². The normalized spacial score (nSPS) is 12.0. The Kier molecular flexibility index (Phi) is 6.59. The molecule has 1 atom stereocenters. The van der Waals surface area contributed by atoms with Crippen LogP contribution in [0.5, 0.6) is 5.75 Å². The first-order chi connectivity index (χ1) is 12.7. The number of rotatable bonds is 6. The van der Waals surface area contributed by atoms with Gasteiger partial charge in [-0.05, 0) is 35.4 Å². The van der Waals surface area contributed by atoms with Gasteiger partial charge in [0, 0.05) is 0 Å². The van der Waals surface area contributed by atoms with Gasteiger partial charge in [-0.3, -0.25) is 4.79 Å². The maximum Gasteiger partial charge on any atom is 0.344 e. The van der Waals surface area contributed by atoms with E-state index in [9.17, 15) is 9.59 Å². The highest BCUT2D eigenvalue weighted by atomic mass is 32.1. The summed E-state index contributed by atoms with van der Waals surface area (Å²) in [4.78, 5) is 24.2. The number of nitrogens with zero attached hydrogens (tertiary/aromatic N) is 1. The van der Waals surface area contributed by atoms with E-state index >= 15 is 0 Å². The highest BCUT2D eigenvalue weighted by Gasteiger charge is 2.22. The molecule has 0 aliphatic rings. The number of nitriles is 1. The molecule has 0 spiro atoms. The van der Waals surface area contributed by atoms with Crippen molar-refractivity contribution in [3.8, 4) is 11.8 Å². The number of para-hydroxylation sites is 1. The van der Waals surface area contributed by atoms with Crippen LogP contribution in [0.3, 0.4) is 0 Å². The second kappa shape index (κ2) is 8.69. The van der Waals surface area contributed by atoms with Crippen LogP contribution in [0.4, 0.5) is 5.00 Å². The minimum atomic E-state index is -1.01. The number of thiophene rings is 1. The van der Waals surface area contributed by atoms with Crippen LogP contribution < -0.4 is 10.1 Å². The Bertz CT molecular complexity index is 861. The Morgan fingerprint density at radius 1 is 1.26 bits per heavy atom. The van der Waals surface area contributed by atoms with Gasteiger partial charge < -0.3 is 14.8 Å². The Balaban J connectivity index is 1.91. The lowest BCUT2D eigenvalue weighted by Gasteiger charge is -2.22. The summed E-state index contributed by atoms with van der Waals surface area (Å²) in [6, 6.07) is 11.1. The zero-order valence-electron chi connectivity index (χ0n) is 15.7. The summed E-state index contributed by atoms with van der Waals surface area (Å²) >= 11 is 1.23. The number of hydrogen-bond donors (Lipinski definition) is 1. The summed E-state index contributed by atoms with van der Waals surface area (Å²) in [5.41, 5.74) is 1.21. The van der Waals surface area contributed by atoms with Crippen molar-refractivity contribution in [2.45, 2.75) is 39.2 Å². The van der Waals surface area contributed by atoms with E-state index in [1.165, 1.54) is 18.3 Å². The maximum atomic E-state index is 12.1. The fourth-order valence-electron chi connectivity index (χ4n) is 2.34. The summed E-state index contributed by atoms with van der Waals surface area (Å²) in [5, 5.41) is 13.7. The van der Waals surface area contributed by atoms with E-state index in [1.807, 2.05) is 24.3 Å². The first kappa shape index (κ1) is 20.5. The first-order valence-corrected chi connectivity index (χ1v) is 9.30. The molecule has 0 saturated carbocycles. The van der Waals surface area contributed by atoms with Crippen LogP contribution in [0, 0.1) is 11.3 Å². The number of esters is 1. The van der Waals surface area contributed by atoms with Crippen LogP contribution in [-0.4, -0.2) is 24.6 Å². The molecule has 0 radical (unpaired) electrons. The summed E-state index contributed by atoms with van der Waals surface area (Å²) in [5.74, 6) is -0.540. The molecule has 0 fully saturated rings. The summed E-state index contributed by atoms with van der Waals surface area (Å²) in [6.45, 7) is 7.34. The van der Waals surface area contributed by atoms with Gasteiger partial charge >= 0.3 is 5.97 Å². The zero-order chi connectivity index (χ0) is 20.0. The predicted molar refractivity (Wildman–Crippen MR) is 104 cm³/mol. The molecular weight excluding hydrogens is 364 g/mol. The van der Waals surface area contributed by atoms with Crippen LogP contribution in [0.15, 0.2) is 35.7 Å². The molecule has 2 rings (SSSR count). The summed E-state index contributed by atoms with van der Waals surface area (Å²) < 4.78 is 10.7. The molecule has 1 N–H and O–H groups in total. The van der Waals surface area contributed by atoms with Crippen LogP contribution in [0.2, 0.25) is 0 Å². The lowest BCUT2D eigenvalue weighted by molar-refractivity contribution is -0.155. The van der Waals surface area contributed by atoms with Gasteiger partial charge in [0.05, 0.1) is 5.56 Å². The third-order valence-electron chi connectivity index (χ3n) is 3.74. The van der Waals surface area contributed by atoms with Gasteiger partial charge in [-0.1, -0.05) is 39.0 Å². The van der Waals surface area contributed by atoms with Crippen LogP contribution in [0.1, 0.15) is 38.8 Å². The Hall–Kier alpha value is -2.85. The maximum absolute atomic E-state index is 12.1. The van der Waals surface area contributed by atoms with Gasteiger partial charge in [0.15, 0.2) is 12.7 Å². The van der Waals surface area contributed by atoms with Crippen molar-refractivity contribution in [1.82, 2.24) is 0 Å². The van der Waals surface area contributed by atoms with Gasteiger partial charge in [-0.25, -0.2) is 4.79 Å². The molecule has 0 unspecified atom stereocenters. The summed E-state index contributed by atoms with van der Waals surface area (Å²) in [7, 11) is 0.